The Labute approximate surface area is 73.1 Å². The average molecular weight is 190 g/mol. The van der Waals surface area contributed by atoms with Gasteiger partial charge in [-0.3, -0.25) is 4.90 Å². The molecule has 1 aliphatic heterocycles. The second kappa shape index (κ2) is 4.02. The fraction of sp³-hybridized carbons (Fsp3) is 0.714. The highest BCUT2D eigenvalue weighted by Crippen LogP contribution is 2.00. The minimum absolute atomic E-state index is 0.0564. The van der Waals surface area contributed by atoms with Crippen LogP contribution in [0.4, 0.5) is 0 Å². The van der Waals surface area contributed by atoms with Gasteiger partial charge >= 0.3 is 0 Å². The van der Waals surface area contributed by atoms with Crippen LogP contribution in [-0.2, 0) is 10.0 Å². The molecule has 0 atom stereocenters. The molecular weight excluding hydrogens is 176 g/mol. The molecule has 1 rings (SSSR count). The van der Waals surface area contributed by atoms with Crippen LogP contribution in [0.15, 0.2) is 12.2 Å². The van der Waals surface area contributed by atoms with E-state index in [1.807, 2.05) is 6.08 Å². The molecule has 1 heterocycles. The molecule has 1 aliphatic rings. The van der Waals surface area contributed by atoms with Gasteiger partial charge in [-0.2, -0.15) is 0 Å². The molecule has 0 aromatic heterocycles. The minimum Gasteiger partial charge on any atom is -0.298 e. The van der Waals surface area contributed by atoms with E-state index in [0.717, 1.165) is 19.5 Å². The number of primary sulfonamides is 1. The molecule has 70 valence electrons. The molecule has 0 spiro atoms. The molecule has 0 saturated carbocycles. The van der Waals surface area contributed by atoms with Crippen LogP contribution in [-0.4, -0.2) is 38.7 Å². The van der Waals surface area contributed by atoms with Crippen LogP contribution in [0, 0.1) is 0 Å². The Morgan fingerprint density at radius 2 is 2.17 bits per heavy atom. The first-order chi connectivity index (χ1) is 5.58. The molecule has 0 fully saturated rings. The van der Waals surface area contributed by atoms with Crippen molar-refractivity contribution in [3.05, 3.63) is 12.2 Å². The topological polar surface area (TPSA) is 63.4 Å². The first kappa shape index (κ1) is 9.70. The van der Waals surface area contributed by atoms with Crippen molar-refractivity contribution < 1.29 is 8.42 Å². The van der Waals surface area contributed by atoms with Gasteiger partial charge in [-0.1, -0.05) is 12.2 Å². The van der Waals surface area contributed by atoms with E-state index in [2.05, 4.69) is 11.0 Å². The summed E-state index contributed by atoms with van der Waals surface area (Å²) < 4.78 is 21.2. The van der Waals surface area contributed by atoms with E-state index in [9.17, 15) is 8.42 Å². The van der Waals surface area contributed by atoms with Gasteiger partial charge in [-0.05, 0) is 6.42 Å². The predicted octanol–water partition coefficient (Wildman–Crippen LogP) is -0.463. The van der Waals surface area contributed by atoms with Crippen molar-refractivity contribution in [1.82, 2.24) is 4.90 Å². The lowest BCUT2D eigenvalue weighted by Crippen LogP contribution is -2.33. The van der Waals surface area contributed by atoms with Gasteiger partial charge in [0.15, 0.2) is 0 Å². The number of hydrogen-bond donors (Lipinski definition) is 1. The fourth-order valence-corrected chi connectivity index (χ4v) is 1.66. The predicted molar refractivity (Wildman–Crippen MR) is 48.2 cm³/mol. The van der Waals surface area contributed by atoms with Crippen molar-refractivity contribution in [3.8, 4) is 0 Å². The number of nitrogens with zero attached hydrogens (tertiary/aromatic N) is 1. The lowest BCUT2D eigenvalue weighted by atomic mass is 10.2. The summed E-state index contributed by atoms with van der Waals surface area (Å²) in [4.78, 5) is 2.07. The van der Waals surface area contributed by atoms with E-state index in [0.29, 0.717) is 6.54 Å². The molecule has 0 aliphatic carbocycles. The summed E-state index contributed by atoms with van der Waals surface area (Å²) in [6, 6.07) is 0. The molecule has 0 aromatic carbocycles. The second-order valence-corrected chi connectivity index (χ2v) is 4.66. The highest BCUT2D eigenvalue weighted by Gasteiger charge is 2.09. The number of hydrogen-bond acceptors (Lipinski definition) is 3. The van der Waals surface area contributed by atoms with E-state index in [1.165, 1.54) is 0 Å². The Morgan fingerprint density at radius 1 is 1.42 bits per heavy atom. The van der Waals surface area contributed by atoms with E-state index >= 15 is 0 Å². The van der Waals surface area contributed by atoms with Crippen LogP contribution >= 0.6 is 0 Å². The van der Waals surface area contributed by atoms with Crippen LogP contribution < -0.4 is 5.14 Å². The third kappa shape index (κ3) is 3.85. The Morgan fingerprint density at radius 3 is 2.67 bits per heavy atom. The maximum Gasteiger partial charge on any atom is 0.210 e. The van der Waals surface area contributed by atoms with Gasteiger partial charge in [-0.15, -0.1) is 0 Å². The van der Waals surface area contributed by atoms with Crippen molar-refractivity contribution in [2.45, 2.75) is 6.42 Å². The lowest BCUT2D eigenvalue weighted by molar-refractivity contribution is 0.316. The molecule has 12 heavy (non-hydrogen) atoms. The minimum atomic E-state index is -3.29. The van der Waals surface area contributed by atoms with Crippen molar-refractivity contribution in [2.75, 3.05) is 25.4 Å². The summed E-state index contributed by atoms with van der Waals surface area (Å²) in [6.07, 6.45) is 5.16. The van der Waals surface area contributed by atoms with Crippen molar-refractivity contribution in [3.63, 3.8) is 0 Å². The highest BCUT2D eigenvalue weighted by atomic mass is 32.2. The smallest absolute Gasteiger partial charge is 0.210 e. The quantitative estimate of drug-likeness (QED) is 0.612. The van der Waals surface area contributed by atoms with Crippen LogP contribution in [0.2, 0.25) is 0 Å². The van der Waals surface area contributed by atoms with E-state index < -0.39 is 10.0 Å². The normalized spacial score (nSPS) is 19.8. The Bertz CT molecular complexity index is 259. The third-order valence-electron chi connectivity index (χ3n) is 1.83. The van der Waals surface area contributed by atoms with E-state index in [4.69, 9.17) is 5.14 Å². The lowest BCUT2D eigenvalue weighted by Gasteiger charge is -2.21. The summed E-state index contributed by atoms with van der Waals surface area (Å²) in [5, 5.41) is 4.88. The molecule has 0 radical (unpaired) electrons. The Hall–Kier alpha value is -0.390. The summed E-state index contributed by atoms with van der Waals surface area (Å²) in [5.41, 5.74) is 0. The fourth-order valence-electron chi connectivity index (χ4n) is 1.15. The second-order valence-electron chi connectivity index (χ2n) is 2.93. The molecule has 0 aromatic rings. The van der Waals surface area contributed by atoms with Crippen LogP contribution in [0.1, 0.15) is 6.42 Å². The van der Waals surface area contributed by atoms with Gasteiger partial charge in [0, 0.05) is 19.6 Å². The molecule has 0 bridgehead atoms. The zero-order chi connectivity index (χ0) is 9.03. The van der Waals surface area contributed by atoms with Gasteiger partial charge in [0.1, 0.15) is 0 Å². The standard InChI is InChI=1S/C7H14N2O2S/c8-12(10,11)7-6-9-4-2-1-3-5-9/h1-2H,3-7H2,(H2,8,10,11). The summed E-state index contributed by atoms with van der Waals surface area (Å²) >= 11 is 0. The van der Waals surface area contributed by atoms with Gasteiger partial charge in [0.05, 0.1) is 5.75 Å². The maximum absolute atomic E-state index is 10.6. The van der Waals surface area contributed by atoms with Crippen molar-refractivity contribution >= 4 is 10.0 Å². The summed E-state index contributed by atoms with van der Waals surface area (Å²) in [7, 11) is -3.29. The monoisotopic (exact) mass is 190 g/mol. The highest BCUT2D eigenvalue weighted by molar-refractivity contribution is 7.89. The molecule has 5 heteroatoms. The van der Waals surface area contributed by atoms with Crippen molar-refractivity contribution in [2.24, 2.45) is 5.14 Å². The van der Waals surface area contributed by atoms with Gasteiger partial charge in [0.25, 0.3) is 0 Å². The number of sulfonamides is 1. The Kier molecular flexibility index (Phi) is 3.25. The molecule has 0 saturated heterocycles. The molecule has 2 N–H and O–H groups in total. The summed E-state index contributed by atoms with van der Waals surface area (Å²) in [5.74, 6) is 0.0564. The van der Waals surface area contributed by atoms with E-state index in [1.54, 1.807) is 0 Å². The zero-order valence-electron chi connectivity index (χ0n) is 6.94. The molecule has 0 unspecified atom stereocenters. The first-order valence-electron chi connectivity index (χ1n) is 3.96. The van der Waals surface area contributed by atoms with Crippen molar-refractivity contribution in [1.29, 1.82) is 0 Å². The van der Waals surface area contributed by atoms with Gasteiger partial charge in [-0.25, -0.2) is 13.6 Å². The van der Waals surface area contributed by atoms with E-state index in [-0.39, 0.29) is 5.75 Å². The van der Waals surface area contributed by atoms with Crippen LogP contribution in [0.25, 0.3) is 0 Å². The first-order valence-corrected chi connectivity index (χ1v) is 5.67. The SMILES string of the molecule is NS(=O)(=O)CCN1CC=CCC1. The number of nitrogens with two attached hydrogens (primary N) is 1. The van der Waals surface area contributed by atoms with Crippen LogP contribution in [0.5, 0.6) is 0 Å². The van der Waals surface area contributed by atoms with Crippen LogP contribution in [0.3, 0.4) is 0 Å². The zero-order valence-corrected chi connectivity index (χ0v) is 7.76. The van der Waals surface area contributed by atoms with Gasteiger partial charge in [0.2, 0.25) is 10.0 Å². The maximum atomic E-state index is 10.6. The third-order valence-corrected chi connectivity index (χ3v) is 2.59. The van der Waals surface area contributed by atoms with Gasteiger partial charge < -0.3 is 0 Å². The Balaban J connectivity index is 2.28. The molecule has 4 nitrogen and oxygen atoms in total. The number of rotatable bonds is 3. The summed E-state index contributed by atoms with van der Waals surface area (Å²) in [6.45, 7) is 2.32. The molecule has 0 amide bonds. The molecular formula is C7H14N2O2S. The average Bonchev–Trinajstić information content (AvgIpc) is 2.02. The largest absolute Gasteiger partial charge is 0.298 e.